The van der Waals surface area contributed by atoms with Gasteiger partial charge in [-0.05, 0) is 50.9 Å². The van der Waals surface area contributed by atoms with E-state index in [1.54, 1.807) is 0 Å². The van der Waals surface area contributed by atoms with E-state index in [1.165, 1.54) is 37.1 Å². The smallest absolute Gasteiger partial charge is 0.125 e. The molecule has 0 amide bonds. The summed E-state index contributed by atoms with van der Waals surface area (Å²) in [5, 5.41) is 0. The second-order valence-electron chi connectivity index (χ2n) is 5.23. The van der Waals surface area contributed by atoms with Crippen molar-refractivity contribution in [2.75, 3.05) is 39.5 Å². The molecule has 1 aromatic rings. The Bertz CT molecular complexity index is 366. The zero-order valence-corrected chi connectivity index (χ0v) is 12.2. The molecule has 0 unspecified atom stereocenters. The zero-order valence-electron chi connectivity index (χ0n) is 12.2. The third-order valence-corrected chi connectivity index (χ3v) is 3.63. The van der Waals surface area contributed by atoms with E-state index in [4.69, 9.17) is 9.47 Å². The van der Waals surface area contributed by atoms with E-state index in [1.807, 2.05) is 0 Å². The highest BCUT2D eigenvalue weighted by Gasteiger charge is 2.10. The number of rotatable bonds is 7. The highest BCUT2D eigenvalue weighted by Crippen LogP contribution is 2.21. The van der Waals surface area contributed by atoms with Gasteiger partial charge in [-0.15, -0.1) is 0 Å². The summed E-state index contributed by atoms with van der Waals surface area (Å²) in [5.74, 6) is 1.01. The van der Waals surface area contributed by atoms with Gasteiger partial charge in [0, 0.05) is 6.54 Å². The summed E-state index contributed by atoms with van der Waals surface area (Å²) in [6.07, 6.45) is 2.69. The molecule has 1 aliphatic rings. The van der Waals surface area contributed by atoms with E-state index in [9.17, 15) is 0 Å². The molecule has 0 aliphatic carbocycles. The number of nitrogens with zero attached hydrogens (tertiary/aromatic N) is 1. The van der Waals surface area contributed by atoms with Crippen molar-refractivity contribution in [1.29, 1.82) is 0 Å². The lowest BCUT2D eigenvalue weighted by atomic mass is 10.1. The molecule has 0 bridgehead atoms. The summed E-state index contributed by atoms with van der Waals surface area (Å²) in [6.45, 7) is 9.81. The molecule has 0 aromatic heterocycles. The van der Waals surface area contributed by atoms with Crippen molar-refractivity contribution < 1.29 is 9.47 Å². The number of likely N-dealkylation sites (tertiary alicyclic amines) is 1. The first-order chi connectivity index (χ1) is 9.27. The molecule has 0 N–H and O–H groups in total. The number of aryl methyl sites for hydroxylation is 2. The molecule has 0 spiro atoms. The van der Waals surface area contributed by atoms with Crippen molar-refractivity contribution in [1.82, 2.24) is 4.90 Å². The van der Waals surface area contributed by atoms with Gasteiger partial charge in [-0.3, -0.25) is 0 Å². The maximum Gasteiger partial charge on any atom is 0.125 e. The Morgan fingerprint density at radius 3 is 2.37 bits per heavy atom. The van der Waals surface area contributed by atoms with E-state index in [0.717, 1.165) is 18.9 Å². The van der Waals surface area contributed by atoms with Crippen LogP contribution in [0.5, 0.6) is 5.75 Å². The van der Waals surface area contributed by atoms with Gasteiger partial charge in [0.15, 0.2) is 0 Å². The van der Waals surface area contributed by atoms with Gasteiger partial charge in [-0.1, -0.05) is 18.2 Å². The molecule has 3 heteroatoms. The van der Waals surface area contributed by atoms with Crippen LogP contribution in [0, 0.1) is 13.8 Å². The van der Waals surface area contributed by atoms with Crippen LogP contribution >= 0.6 is 0 Å². The Morgan fingerprint density at radius 1 is 1.00 bits per heavy atom. The van der Waals surface area contributed by atoms with E-state index in [2.05, 4.69) is 36.9 Å². The van der Waals surface area contributed by atoms with Crippen molar-refractivity contribution in [3.63, 3.8) is 0 Å². The monoisotopic (exact) mass is 263 g/mol. The van der Waals surface area contributed by atoms with Gasteiger partial charge in [0.25, 0.3) is 0 Å². The first-order valence-electron chi connectivity index (χ1n) is 7.26. The molecule has 106 valence electrons. The van der Waals surface area contributed by atoms with Gasteiger partial charge >= 0.3 is 0 Å². The third kappa shape index (κ3) is 4.51. The second-order valence-corrected chi connectivity index (χ2v) is 5.23. The van der Waals surface area contributed by atoms with Crippen molar-refractivity contribution in [3.8, 4) is 5.75 Å². The average molecular weight is 263 g/mol. The SMILES string of the molecule is Cc1cccc(C)c1OCCOCCN1CCCC1. The number of ether oxygens (including phenoxy) is 2. The second kappa shape index (κ2) is 7.51. The van der Waals surface area contributed by atoms with Gasteiger partial charge in [-0.2, -0.15) is 0 Å². The minimum atomic E-state index is 0.631. The van der Waals surface area contributed by atoms with Crippen LogP contribution in [-0.2, 0) is 4.74 Å². The largest absolute Gasteiger partial charge is 0.491 e. The van der Waals surface area contributed by atoms with Crippen molar-refractivity contribution in [2.45, 2.75) is 26.7 Å². The number of benzene rings is 1. The number of hydrogen-bond donors (Lipinski definition) is 0. The fraction of sp³-hybridized carbons (Fsp3) is 0.625. The van der Waals surface area contributed by atoms with Gasteiger partial charge < -0.3 is 14.4 Å². The van der Waals surface area contributed by atoms with E-state index in [-0.39, 0.29) is 0 Å². The maximum absolute atomic E-state index is 5.80. The quantitative estimate of drug-likeness (QED) is 0.706. The molecule has 0 atom stereocenters. The summed E-state index contributed by atoms with van der Waals surface area (Å²) in [5.41, 5.74) is 2.38. The minimum absolute atomic E-state index is 0.631. The standard InChI is InChI=1S/C16H25NO2/c1-14-6-5-7-15(2)16(14)19-13-12-18-11-10-17-8-3-4-9-17/h5-7H,3-4,8-13H2,1-2H3. The number of para-hydroxylation sites is 1. The summed E-state index contributed by atoms with van der Waals surface area (Å²) >= 11 is 0. The predicted octanol–water partition coefficient (Wildman–Crippen LogP) is 2.79. The molecule has 1 aliphatic heterocycles. The van der Waals surface area contributed by atoms with Crippen LogP contribution in [0.25, 0.3) is 0 Å². The van der Waals surface area contributed by atoms with Gasteiger partial charge in [-0.25, -0.2) is 0 Å². The molecule has 19 heavy (non-hydrogen) atoms. The van der Waals surface area contributed by atoms with Crippen LogP contribution in [0.15, 0.2) is 18.2 Å². The number of hydrogen-bond acceptors (Lipinski definition) is 3. The maximum atomic E-state index is 5.80. The molecule has 0 radical (unpaired) electrons. The van der Waals surface area contributed by atoms with Crippen LogP contribution < -0.4 is 4.74 Å². The topological polar surface area (TPSA) is 21.7 Å². The van der Waals surface area contributed by atoms with E-state index < -0.39 is 0 Å². The zero-order chi connectivity index (χ0) is 13.5. The summed E-state index contributed by atoms with van der Waals surface area (Å²) in [4.78, 5) is 2.46. The normalized spacial score (nSPS) is 15.9. The summed E-state index contributed by atoms with van der Waals surface area (Å²) < 4.78 is 11.4. The highest BCUT2D eigenvalue weighted by atomic mass is 16.5. The first kappa shape index (κ1) is 14.4. The van der Waals surface area contributed by atoms with Crippen LogP contribution in [0.4, 0.5) is 0 Å². The first-order valence-corrected chi connectivity index (χ1v) is 7.26. The lowest BCUT2D eigenvalue weighted by Gasteiger charge is -2.15. The molecule has 0 saturated carbocycles. The van der Waals surface area contributed by atoms with E-state index in [0.29, 0.717) is 13.2 Å². The van der Waals surface area contributed by atoms with Crippen LogP contribution in [0.2, 0.25) is 0 Å². The van der Waals surface area contributed by atoms with Crippen LogP contribution in [-0.4, -0.2) is 44.4 Å². The van der Waals surface area contributed by atoms with Crippen LogP contribution in [0.1, 0.15) is 24.0 Å². The molecule has 3 nitrogen and oxygen atoms in total. The highest BCUT2D eigenvalue weighted by molar-refractivity contribution is 5.39. The fourth-order valence-corrected chi connectivity index (χ4v) is 2.53. The Labute approximate surface area is 116 Å². The Kier molecular flexibility index (Phi) is 5.67. The van der Waals surface area contributed by atoms with E-state index >= 15 is 0 Å². The molecular weight excluding hydrogens is 238 g/mol. The minimum Gasteiger partial charge on any atom is -0.491 e. The molecule has 2 rings (SSSR count). The van der Waals surface area contributed by atoms with Gasteiger partial charge in [0.1, 0.15) is 12.4 Å². The van der Waals surface area contributed by atoms with Crippen molar-refractivity contribution >= 4 is 0 Å². The van der Waals surface area contributed by atoms with Crippen molar-refractivity contribution in [2.24, 2.45) is 0 Å². The molecule has 1 heterocycles. The molecule has 1 saturated heterocycles. The van der Waals surface area contributed by atoms with Gasteiger partial charge in [0.2, 0.25) is 0 Å². The predicted molar refractivity (Wildman–Crippen MR) is 77.9 cm³/mol. The van der Waals surface area contributed by atoms with Gasteiger partial charge in [0.05, 0.1) is 13.2 Å². The lowest BCUT2D eigenvalue weighted by molar-refractivity contribution is 0.0842. The fourth-order valence-electron chi connectivity index (χ4n) is 2.53. The Hall–Kier alpha value is -1.06. The Balaban J connectivity index is 1.58. The summed E-state index contributed by atoms with van der Waals surface area (Å²) in [6, 6.07) is 6.22. The summed E-state index contributed by atoms with van der Waals surface area (Å²) in [7, 11) is 0. The molecular formula is C16H25NO2. The Morgan fingerprint density at radius 2 is 1.68 bits per heavy atom. The van der Waals surface area contributed by atoms with Crippen LogP contribution in [0.3, 0.4) is 0 Å². The molecule has 1 aromatic carbocycles. The van der Waals surface area contributed by atoms with Crippen molar-refractivity contribution in [3.05, 3.63) is 29.3 Å². The average Bonchev–Trinajstić information content (AvgIpc) is 2.89. The third-order valence-electron chi connectivity index (χ3n) is 3.63. The lowest BCUT2D eigenvalue weighted by Crippen LogP contribution is -2.24. The molecule has 1 fully saturated rings.